The van der Waals surface area contributed by atoms with E-state index >= 15 is 0 Å². The van der Waals surface area contributed by atoms with E-state index < -0.39 is 11.6 Å². The van der Waals surface area contributed by atoms with Crippen LogP contribution in [0.3, 0.4) is 0 Å². The summed E-state index contributed by atoms with van der Waals surface area (Å²) < 4.78 is 31.7. The van der Waals surface area contributed by atoms with Gasteiger partial charge in [0.1, 0.15) is 11.6 Å². The van der Waals surface area contributed by atoms with Gasteiger partial charge < -0.3 is 15.8 Å². The monoisotopic (exact) mass is 330 g/mol. The third kappa shape index (κ3) is 3.08. The van der Waals surface area contributed by atoms with Crippen molar-refractivity contribution in [1.29, 1.82) is 0 Å². The Balaban J connectivity index is 2.39. The Morgan fingerprint density at radius 2 is 2.00 bits per heavy atom. The molecular formula is C11H9BrF2N4O. The zero-order valence-corrected chi connectivity index (χ0v) is 11.3. The van der Waals surface area contributed by atoms with Gasteiger partial charge in [0.25, 0.3) is 0 Å². The maximum absolute atomic E-state index is 13.6. The summed E-state index contributed by atoms with van der Waals surface area (Å²) in [5.41, 5.74) is 5.52. The van der Waals surface area contributed by atoms with Gasteiger partial charge in [-0.1, -0.05) is 0 Å². The summed E-state index contributed by atoms with van der Waals surface area (Å²) in [5, 5.41) is 2.68. The van der Waals surface area contributed by atoms with Crippen molar-refractivity contribution in [2.45, 2.75) is 0 Å². The van der Waals surface area contributed by atoms with Crippen molar-refractivity contribution >= 4 is 33.4 Å². The summed E-state index contributed by atoms with van der Waals surface area (Å²) in [6.07, 6.45) is 0. The summed E-state index contributed by atoms with van der Waals surface area (Å²) in [7, 11) is 1.42. The van der Waals surface area contributed by atoms with Gasteiger partial charge in [-0.15, -0.1) is 0 Å². The fourth-order valence-electron chi connectivity index (χ4n) is 1.40. The Kier molecular flexibility index (Phi) is 3.79. The van der Waals surface area contributed by atoms with Crippen LogP contribution in [0.2, 0.25) is 0 Å². The van der Waals surface area contributed by atoms with E-state index in [-0.39, 0.29) is 27.8 Å². The van der Waals surface area contributed by atoms with Gasteiger partial charge in [-0.05, 0) is 22.0 Å². The predicted molar refractivity (Wildman–Crippen MR) is 70.3 cm³/mol. The van der Waals surface area contributed by atoms with Gasteiger partial charge >= 0.3 is 0 Å². The molecule has 100 valence electrons. The minimum absolute atomic E-state index is 0.0273. The molecule has 0 amide bonds. The number of anilines is 3. The molecule has 0 fully saturated rings. The van der Waals surface area contributed by atoms with Crippen LogP contribution in [0.4, 0.5) is 26.2 Å². The average Bonchev–Trinajstić information content (AvgIpc) is 2.33. The van der Waals surface area contributed by atoms with Gasteiger partial charge in [0.15, 0.2) is 5.82 Å². The van der Waals surface area contributed by atoms with Gasteiger partial charge in [-0.25, -0.2) is 8.78 Å². The number of nitrogens with two attached hydrogens (primary N) is 1. The fraction of sp³-hybridized carbons (Fsp3) is 0.0909. The molecule has 19 heavy (non-hydrogen) atoms. The van der Waals surface area contributed by atoms with Gasteiger partial charge in [-0.2, -0.15) is 9.97 Å². The number of halogens is 3. The van der Waals surface area contributed by atoms with Crippen LogP contribution in [0, 0.1) is 11.6 Å². The molecule has 3 N–H and O–H groups in total. The van der Waals surface area contributed by atoms with E-state index in [1.807, 2.05) is 0 Å². The molecule has 1 heterocycles. The summed E-state index contributed by atoms with van der Waals surface area (Å²) in [5.74, 6) is -1.01. The number of ether oxygens (including phenoxy) is 1. The molecule has 0 unspecified atom stereocenters. The van der Waals surface area contributed by atoms with Crippen LogP contribution >= 0.6 is 15.9 Å². The normalized spacial score (nSPS) is 10.3. The molecule has 5 nitrogen and oxygen atoms in total. The topological polar surface area (TPSA) is 73.1 Å². The van der Waals surface area contributed by atoms with E-state index in [9.17, 15) is 8.78 Å². The molecular weight excluding hydrogens is 322 g/mol. The lowest BCUT2D eigenvalue weighted by Crippen LogP contribution is -2.03. The minimum atomic E-state index is -0.761. The second kappa shape index (κ2) is 5.35. The highest BCUT2D eigenvalue weighted by molar-refractivity contribution is 9.10. The molecule has 0 saturated heterocycles. The SMILES string of the molecule is COc1cc(Nc2c(F)cc(F)cc2Br)nc(N)n1. The highest BCUT2D eigenvalue weighted by Crippen LogP contribution is 2.30. The van der Waals surface area contributed by atoms with Crippen molar-refractivity contribution in [2.24, 2.45) is 0 Å². The number of hydrogen-bond donors (Lipinski definition) is 2. The Bertz CT molecular complexity index is 601. The van der Waals surface area contributed by atoms with Crippen LogP contribution in [0.25, 0.3) is 0 Å². The number of hydrogen-bond acceptors (Lipinski definition) is 5. The molecule has 0 aliphatic carbocycles. The first-order chi connectivity index (χ1) is 8.99. The molecule has 1 aromatic carbocycles. The quantitative estimate of drug-likeness (QED) is 0.905. The highest BCUT2D eigenvalue weighted by atomic mass is 79.9. The highest BCUT2D eigenvalue weighted by Gasteiger charge is 2.11. The molecule has 0 radical (unpaired) electrons. The van der Waals surface area contributed by atoms with E-state index in [0.717, 1.165) is 12.1 Å². The summed E-state index contributed by atoms with van der Waals surface area (Å²) in [6, 6.07) is 3.33. The fourth-order valence-corrected chi connectivity index (χ4v) is 1.91. The Labute approximate surface area is 115 Å². The molecule has 0 bridgehead atoms. The first-order valence-corrected chi connectivity index (χ1v) is 5.89. The zero-order chi connectivity index (χ0) is 14.0. The molecule has 0 atom stereocenters. The van der Waals surface area contributed by atoms with Gasteiger partial charge in [0.2, 0.25) is 11.8 Å². The number of benzene rings is 1. The van der Waals surface area contributed by atoms with E-state index in [0.29, 0.717) is 0 Å². The van der Waals surface area contributed by atoms with Crippen LogP contribution in [0.1, 0.15) is 0 Å². The zero-order valence-electron chi connectivity index (χ0n) is 9.75. The second-order valence-electron chi connectivity index (χ2n) is 3.52. The van der Waals surface area contributed by atoms with Crippen molar-refractivity contribution in [3.8, 4) is 5.88 Å². The van der Waals surface area contributed by atoms with Crippen LogP contribution in [0.15, 0.2) is 22.7 Å². The van der Waals surface area contributed by atoms with E-state index in [4.69, 9.17) is 10.5 Å². The lowest BCUT2D eigenvalue weighted by atomic mass is 10.3. The van der Waals surface area contributed by atoms with Crippen LogP contribution in [0.5, 0.6) is 5.88 Å². The first-order valence-electron chi connectivity index (χ1n) is 5.09. The lowest BCUT2D eigenvalue weighted by molar-refractivity contribution is 0.398. The van der Waals surface area contributed by atoms with Crippen molar-refractivity contribution in [3.63, 3.8) is 0 Å². The number of nitrogens with zero attached hydrogens (tertiary/aromatic N) is 2. The number of nitrogens with one attached hydrogen (secondary N) is 1. The van der Waals surface area contributed by atoms with Crippen molar-refractivity contribution in [3.05, 3.63) is 34.3 Å². The van der Waals surface area contributed by atoms with Gasteiger partial charge in [0, 0.05) is 16.6 Å². The molecule has 0 saturated carbocycles. The Hall–Kier alpha value is -1.96. The van der Waals surface area contributed by atoms with Crippen LogP contribution in [-0.4, -0.2) is 17.1 Å². The summed E-state index contributed by atoms with van der Waals surface area (Å²) >= 11 is 3.06. The Morgan fingerprint density at radius 1 is 1.26 bits per heavy atom. The number of methoxy groups -OCH3 is 1. The molecule has 0 spiro atoms. The summed E-state index contributed by atoms with van der Waals surface area (Å²) in [6.45, 7) is 0. The predicted octanol–water partition coefficient (Wildman–Crippen LogP) is 2.85. The van der Waals surface area contributed by atoms with E-state index in [1.165, 1.54) is 13.2 Å². The Morgan fingerprint density at radius 3 is 2.63 bits per heavy atom. The van der Waals surface area contributed by atoms with Gasteiger partial charge in [-0.3, -0.25) is 0 Å². The van der Waals surface area contributed by atoms with Crippen LogP contribution < -0.4 is 15.8 Å². The third-order valence-corrected chi connectivity index (χ3v) is 2.81. The first kappa shape index (κ1) is 13.5. The number of aromatic nitrogens is 2. The molecule has 2 rings (SSSR count). The van der Waals surface area contributed by atoms with Gasteiger partial charge in [0.05, 0.1) is 12.8 Å². The molecule has 1 aromatic heterocycles. The van der Waals surface area contributed by atoms with Crippen molar-refractivity contribution < 1.29 is 13.5 Å². The number of nitrogen functional groups attached to an aromatic ring is 1. The third-order valence-electron chi connectivity index (χ3n) is 2.19. The average molecular weight is 331 g/mol. The van der Waals surface area contributed by atoms with Crippen molar-refractivity contribution in [1.82, 2.24) is 9.97 Å². The van der Waals surface area contributed by atoms with E-state index in [1.54, 1.807) is 0 Å². The molecule has 2 aromatic rings. The van der Waals surface area contributed by atoms with E-state index in [2.05, 4.69) is 31.2 Å². The largest absolute Gasteiger partial charge is 0.481 e. The minimum Gasteiger partial charge on any atom is -0.481 e. The molecule has 0 aliphatic heterocycles. The molecule has 8 heteroatoms. The lowest BCUT2D eigenvalue weighted by Gasteiger charge is -2.10. The molecule has 0 aliphatic rings. The standard InChI is InChI=1S/C11H9BrF2N4O/c1-19-9-4-8(17-11(15)18-9)16-10-6(12)2-5(13)3-7(10)14/h2-4H,1H3,(H3,15,16,17,18). The second-order valence-corrected chi connectivity index (χ2v) is 4.38. The number of rotatable bonds is 3. The summed E-state index contributed by atoms with van der Waals surface area (Å²) in [4.78, 5) is 7.67. The maximum atomic E-state index is 13.6. The van der Waals surface area contributed by atoms with Crippen molar-refractivity contribution in [2.75, 3.05) is 18.2 Å². The maximum Gasteiger partial charge on any atom is 0.225 e. The smallest absolute Gasteiger partial charge is 0.225 e. The van der Waals surface area contributed by atoms with Crippen LogP contribution in [-0.2, 0) is 0 Å².